The van der Waals surface area contributed by atoms with E-state index in [1.165, 1.54) is 23.0 Å². The van der Waals surface area contributed by atoms with Crippen LogP contribution < -0.4 is 5.32 Å². The van der Waals surface area contributed by atoms with Crippen LogP contribution in [0.1, 0.15) is 27.5 Å². The summed E-state index contributed by atoms with van der Waals surface area (Å²) in [6.07, 6.45) is 4.32. The van der Waals surface area contributed by atoms with E-state index in [9.17, 15) is 13.6 Å². The largest absolute Gasteiger partial charge is 0.315 e. The highest BCUT2D eigenvalue weighted by atomic mass is 32.1. The van der Waals surface area contributed by atoms with E-state index in [1.54, 1.807) is 6.20 Å². The normalized spacial score (nSPS) is 12.6. The van der Waals surface area contributed by atoms with Crippen LogP contribution in [0.3, 0.4) is 0 Å². The SMILES string of the molecule is O=C(Nc1c(F)cccc1F)c1nc2c(s1)-c1cc(-c3ccccn3)ccc1CCC2. The van der Waals surface area contributed by atoms with E-state index < -0.39 is 23.2 Å². The number of anilines is 1. The Bertz CT molecular complexity index is 1270. The van der Waals surface area contributed by atoms with Crippen molar-refractivity contribution in [3.05, 3.63) is 88.7 Å². The standard InChI is InChI=1S/C24H17F2N3OS/c25-17-6-4-7-18(26)21(17)29-23(30)24-28-20-9-3-5-14-10-11-15(13-16(14)22(20)31-24)19-8-1-2-12-27-19/h1-2,4,6-8,10-13H,3,5,9H2,(H,29,30). The summed E-state index contributed by atoms with van der Waals surface area (Å²) in [5.41, 5.74) is 4.45. The van der Waals surface area contributed by atoms with Gasteiger partial charge in [-0.2, -0.15) is 0 Å². The molecular formula is C24H17F2N3OS. The zero-order valence-electron chi connectivity index (χ0n) is 16.4. The summed E-state index contributed by atoms with van der Waals surface area (Å²) in [6, 6.07) is 15.5. The van der Waals surface area contributed by atoms with Gasteiger partial charge in [-0.25, -0.2) is 13.8 Å². The number of aromatic nitrogens is 2. The van der Waals surface area contributed by atoms with Gasteiger partial charge in [-0.3, -0.25) is 9.78 Å². The Morgan fingerprint density at radius 2 is 1.84 bits per heavy atom. The van der Waals surface area contributed by atoms with Crippen molar-refractivity contribution < 1.29 is 13.6 Å². The third kappa shape index (κ3) is 3.72. The lowest BCUT2D eigenvalue weighted by atomic mass is 9.99. The van der Waals surface area contributed by atoms with E-state index in [-0.39, 0.29) is 5.01 Å². The Labute approximate surface area is 181 Å². The number of nitrogens with one attached hydrogen (secondary N) is 1. The number of benzene rings is 2. The van der Waals surface area contributed by atoms with Gasteiger partial charge in [0, 0.05) is 11.8 Å². The molecule has 2 aromatic heterocycles. The summed E-state index contributed by atoms with van der Waals surface area (Å²) in [4.78, 5) is 22.6. The topological polar surface area (TPSA) is 54.9 Å². The molecule has 5 rings (SSSR count). The number of carbonyl (C=O) groups excluding carboxylic acids is 1. The van der Waals surface area contributed by atoms with Gasteiger partial charge in [0.1, 0.15) is 17.3 Å². The number of carbonyl (C=O) groups is 1. The fraction of sp³-hybridized carbons (Fsp3) is 0.125. The molecule has 1 aliphatic rings. The molecule has 0 aliphatic heterocycles. The number of nitrogens with zero attached hydrogens (tertiary/aromatic N) is 2. The third-order valence-electron chi connectivity index (χ3n) is 5.27. The Morgan fingerprint density at radius 3 is 2.61 bits per heavy atom. The average molecular weight is 433 g/mol. The number of thiazole rings is 1. The quantitative estimate of drug-likeness (QED) is 0.438. The molecule has 1 N–H and O–H groups in total. The second kappa shape index (κ2) is 8.00. The molecule has 0 bridgehead atoms. The molecule has 2 heterocycles. The first-order valence-corrected chi connectivity index (χ1v) is 10.7. The maximum absolute atomic E-state index is 13.9. The van der Waals surface area contributed by atoms with Crippen molar-refractivity contribution in [3.8, 4) is 21.7 Å². The average Bonchev–Trinajstić information content (AvgIpc) is 3.14. The number of rotatable bonds is 3. The third-order valence-corrected chi connectivity index (χ3v) is 6.40. The number of pyridine rings is 1. The van der Waals surface area contributed by atoms with Crippen LogP contribution in [0.2, 0.25) is 0 Å². The van der Waals surface area contributed by atoms with Crippen LogP contribution in [0.15, 0.2) is 60.8 Å². The van der Waals surface area contributed by atoms with E-state index in [4.69, 9.17) is 0 Å². The molecule has 7 heteroatoms. The number of hydrogen-bond donors (Lipinski definition) is 1. The highest BCUT2D eigenvalue weighted by Crippen LogP contribution is 2.39. The number of para-hydroxylation sites is 1. The monoisotopic (exact) mass is 433 g/mol. The fourth-order valence-electron chi connectivity index (χ4n) is 3.76. The number of fused-ring (bicyclic) bond motifs is 3. The van der Waals surface area contributed by atoms with Crippen molar-refractivity contribution in [2.24, 2.45) is 0 Å². The van der Waals surface area contributed by atoms with Crippen molar-refractivity contribution in [1.29, 1.82) is 0 Å². The van der Waals surface area contributed by atoms with E-state index in [1.807, 2.05) is 18.2 Å². The molecule has 4 nitrogen and oxygen atoms in total. The maximum Gasteiger partial charge on any atom is 0.284 e. The molecule has 1 amide bonds. The van der Waals surface area contributed by atoms with E-state index in [2.05, 4.69) is 33.5 Å². The lowest BCUT2D eigenvalue weighted by molar-refractivity contribution is 0.102. The van der Waals surface area contributed by atoms with E-state index >= 15 is 0 Å². The van der Waals surface area contributed by atoms with Gasteiger partial charge in [0.15, 0.2) is 5.01 Å². The van der Waals surface area contributed by atoms with Gasteiger partial charge in [0.05, 0.1) is 16.3 Å². The molecule has 0 fully saturated rings. The molecule has 2 aromatic carbocycles. The lowest BCUT2D eigenvalue weighted by Crippen LogP contribution is -2.14. The molecule has 0 saturated heterocycles. The summed E-state index contributed by atoms with van der Waals surface area (Å²) in [5, 5.41) is 2.51. The Balaban J connectivity index is 1.53. The number of aryl methyl sites for hydroxylation is 2. The lowest BCUT2D eigenvalue weighted by Gasteiger charge is -2.09. The van der Waals surface area contributed by atoms with Gasteiger partial charge in [0.2, 0.25) is 0 Å². The van der Waals surface area contributed by atoms with Gasteiger partial charge in [0.25, 0.3) is 5.91 Å². The van der Waals surface area contributed by atoms with E-state index in [0.29, 0.717) is 0 Å². The molecule has 0 saturated carbocycles. The molecule has 154 valence electrons. The van der Waals surface area contributed by atoms with Crippen molar-refractivity contribution >= 4 is 22.9 Å². The van der Waals surface area contributed by atoms with Crippen LogP contribution in [-0.4, -0.2) is 15.9 Å². The summed E-state index contributed by atoms with van der Waals surface area (Å²) in [7, 11) is 0. The second-order valence-corrected chi connectivity index (χ2v) is 8.29. The first-order valence-electron chi connectivity index (χ1n) is 9.90. The van der Waals surface area contributed by atoms with Crippen molar-refractivity contribution in [2.45, 2.75) is 19.3 Å². The second-order valence-electron chi connectivity index (χ2n) is 7.29. The minimum absolute atomic E-state index is 0.184. The molecule has 0 unspecified atom stereocenters. The smallest absolute Gasteiger partial charge is 0.284 e. The summed E-state index contributed by atoms with van der Waals surface area (Å²) < 4.78 is 27.9. The van der Waals surface area contributed by atoms with Gasteiger partial charge in [-0.1, -0.05) is 24.3 Å². The molecule has 1 aliphatic carbocycles. The number of hydrogen-bond acceptors (Lipinski definition) is 4. The Hall–Kier alpha value is -3.45. The highest BCUT2D eigenvalue weighted by molar-refractivity contribution is 7.17. The van der Waals surface area contributed by atoms with Crippen molar-refractivity contribution in [3.63, 3.8) is 0 Å². The minimum Gasteiger partial charge on any atom is -0.315 e. The van der Waals surface area contributed by atoms with Crippen LogP contribution in [0.25, 0.3) is 21.7 Å². The Morgan fingerprint density at radius 1 is 1.00 bits per heavy atom. The fourth-order valence-corrected chi connectivity index (χ4v) is 4.82. The Kier molecular flexibility index (Phi) is 5.03. The zero-order chi connectivity index (χ0) is 21.4. The molecule has 0 atom stereocenters. The zero-order valence-corrected chi connectivity index (χ0v) is 17.2. The van der Waals surface area contributed by atoms with Crippen LogP contribution >= 0.6 is 11.3 Å². The minimum atomic E-state index is -0.822. The number of amides is 1. The maximum atomic E-state index is 13.9. The van der Waals surface area contributed by atoms with Crippen molar-refractivity contribution in [1.82, 2.24) is 9.97 Å². The predicted molar refractivity (Wildman–Crippen MR) is 117 cm³/mol. The van der Waals surface area contributed by atoms with Gasteiger partial charge < -0.3 is 5.32 Å². The first-order chi connectivity index (χ1) is 15.1. The molecular weight excluding hydrogens is 416 g/mol. The molecule has 31 heavy (non-hydrogen) atoms. The summed E-state index contributed by atoms with van der Waals surface area (Å²) >= 11 is 1.25. The number of halogens is 2. The first kappa shape index (κ1) is 19.5. The highest BCUT2D eigenvalue weighted by Gasteiger charge is 2.23. The summed E-state index contributed by atoms with van der Waals surface area (Å²) in [5.74, 6) is -2.27. The molecule has 0 radical (unpaired) electrons. The van der Waals surface area contributed by atoms with Crippen LogP contribution in [-0.2, 0) is 12.8 Å². The van der Waals surface area contributed by atoms with Crippen LogP contribution in [0, 0.1) is 11.6 Å². The van der Waals surface area contributed by atoms with Crippen molar-refractivity contribution in [2.75, 3.05) is 5.32 Å². The molecule has 0 spiro atoms. The molecule has 4 aromatic rings. The van der Waals surface area contributed by atoms with Gasteiger partial charge in [-0.15, -0.1) is 11.3 Å². The van der Waals surface area contributed by atoms with Gasteiger partial charge >= 0.3 is 0 Å². The van der Waals surface area contributed by atoms with Gasteiger partial charge in [-0.05, 0) is 60.7 Å². The van der Waals surface area contributed by atoms with E-state index in [0.717, 1.165) is 58.8 Å². The predicted octanol–water partition coefficient (Wildman–Crippen LogP) is 5.89. The summed E-state index contributed by atoms with van der Waals surface area (Å²) in [6.45, 7) is 0. The van der Waals surface area contributed by atoms with Crippen LogP contribution in [0.5, 0.6) is 0 Å². The van der Waals surface area contributed by atoms with Crippen LogP contribution in [0.4, 0.5) is 14.5 Å².